The molecule has 17 heavy (non-hydrogen) atoms. The van der Waals surface area contributed by atoms with Crippen molar-refractivity contribution in [2.24, 2.45) is 0 Å². The van der Waals surface area contributed by atoms with Crippen LogP contribution in [0.15, 0.2) is 12.3 Å². The molecule has 0 spiro atoms. The molecule has 94 valence electrons. The van der Waals surface area contributed by atoms with Gasteiger partial charge in [-0.2, -0.15) is 5.10 Å². The fraction of sp³-hybridized carbons (Fsp3) is 0.545. The van der Waals surface area contributed by atoms with Gasteiger partial charge in [-0.05, 0) is 18.9 Å². The fourth-order valence-electron chi connectivity index (χ4n) is 1.26. The standard InChI is InChI=1S/C11H17N3O3/c1-2-7-17-8-3-5-12-10-9(11(15)16)4-6-13-14-10/h4,6H,2-3,5,7-8H2,1H3,(H,12,14)(H,15,16). The van der Waals surface area contributed by atoms with Crippen LogP contribution in [0, 0.1) is 0 Å². The van der Waals surface area contributed by atoms with Crippen molar-refractivity contribution in [1.82, 2.24) is 10.2 Å². The summed E-state index contributed by atoms with van der Waals surface area (Å²) in [6.45, 7) is 4.08. The predicted octanol–water partition coefficient (Wildman–Crippen LogP) is 1.40. The monoisotopic (exact) mass is 239 g/mol. The minimum atomic E-state index is -1.01. The number of hydrogen-bond acceptors (Lipinski definition) is 5. The van der Waals surface area contributed by atoms with Crippen molar-refractivity contribution in [3.8, 4) is 0 Å². The minimum absolute atomic E-state index is 0.134. The molecule has 0 radical (unpaired) electrons. The molecule has 0 atom stereocenters. The van der Waals surface area contributed by atoms with E-state index in [4.69, 9.17) is 9.84 Å². The van der Waals surface area contributed by atoms with Crippen LogP contribution in [0.4, 0.5) is 5.82 Å². The van der Waals surface area contributed by atoms with E-state index in [2.05, 4.69) is 22.4 Å². The van der Waals surface area contributed by atoms with E-state index in [0.29, 0.717) is 19.0 Å². The van der Waals surface area contributed by atoms with Gasteiger partial charge in [0.05, 0.1) is 6.20 Å². The summed E-state index contributed by atoms with van der Waals surface area (Å²) in [4.78, 5) is 10.9. The van der Waals surface area contributed by atoms with Gasteiger partial charge in [-0.15, -0.1) is 5.10 Å². The van der Waals surface area contributed by atoms with Crippen LogP contribution < -0.4 is 5.32 Å². The molecule has 2 N–H and O–H groups in total. The molecule has 6 nitrogen and oxygen atoms in total. The lowest BCUT2D eigenvalue weighted by Crippen LogP contribution is -2.12. The van der Waals surface area contributed by atoms with Gasteiger partial charge in [0.15, 0.2) is 5.82 Å². The van der Waals surface area contributed by atoms with Gasteiger partial charge >= 0.3 is 5.97 Å². The van der Waals surface area contributed by atoms with Gasteiger partial charge in [-0.25, -0.2) is 4.79 Å². The molecule has 0 saturated carbocycles. The van der Waals surface area contributed by atoms with Crippen molar-refractivity contribution in [2.45, 2.75) is 19.8 Å². The molecule has 1 heterocycles. The van der Waals surface area contributed by atoms with Crippen molar-refractivity contribution in [3.63, 3.8) is 0 Å². The first-order chi connectivity index (χ1) is 8.25. The number of nitrogens with zero attached hydrogens (tertiary/aromatic N) is 2. The van der Waals surface area contributed by atoms with Crippen LogP contribution >= 0.6 is 0 Å². The van der Waals surface area contributed by atoms with Crippen LogP contribution in [-0.2, 0) is 4.74 Å². The molecular formula is C11H17N3O3. The number of carboxylic acid groups (broad SMARTS) is 1. The highest BCUT2D eigenvalue weighted by Crippen LogP contribution is 2.09. The largest absolute Gasteiger partial charge is 0.478 e. The normalized spacial score (nSPS) is 10.2. The van der Waals surface area contributed by atoms with E-state index in [1.807, 2.05) is 0 Å². The van der Waals surface area contributed by atoms with Gasteiger partial charge in [0.25, 0.3) is 0 Å². The Labute approximate surface area is 100 Å². The summed E-state index contributed by atoms with van der Waals surface area (Å²) in [6, 6.07) is 1.42. The number of carbonyl (C=O) groups is 1. The molecule has 0 aliphatic heterocycles. The summed E-state index contributed by atoms with van der Waals surface area (Å²) >= 11 is 0. The third kappa shape index (κ3) is 4.78. The van der Waals surface area contributed by atoms with Crippen LogP contribution in [-0.4, -0.2) is 41.0 Å². The topological polar surface area (TPSA) is 84.3 Å². The zero-order valence-electron chi connectivity index (χ0n) is 9.85. The number of rotatable bonds is 8. The Morgan fingerprint density at radius 1 is 1.53 bits per heavy atom. The zero-order chi connectivity index (χ0) is 12.5. The van der Waals surface area contributed by atoms with E-state index in [9.17, 15) is 4.79 Å². The summed E-state index contributed by atoms with van der Waals surface area (Å²) in [6.07, 6.45) is 3.16. The second-order valence-corrected chi connectivity index (χ2v) is 3.49. The van der Waals surface area contributed by atoms with Crippen LogP contribution in [0.3, 0.4) is 0 Å². The van der Waals surface area contributed by atoms with E-state index in [1.165, 1.54) is 12.3 Å². The Morgan fingerprint density at radius 2 is 2.35 bits per heavy atom. The number of aromatic carboxylic acids is 1. The van der Waals surface area contributed by atoms with Crippen LogP contribution in [0.1, 0.15) is 30.1 Å². The Morgan fingerprint density at radius 3 is 3.06 bits per heavy atom. The van der Waals surface area contributed by atoms with Crippen molar-refractivity contribution in [2.75, 3.05) is 25.1 Å². The maximum absolute atomic E-state index is 10.9. The van der Waals surface area contributed by atoms with Crippen molar-refractivity contribution in [3.05, 3.63) is 17.8 Å². The highest BCUT2D eigenvalue weighted by Gasteiger charge is 2.10. The first-order valence-electron chi connectivity index (χ1n) is 5.62. The van der Waals surface area contributed by atoms with E-state index in [1.54, 1.807) is 0 Å². The Hall–Kier alpha value is -1.69. The summed E-state index contributed by atoms with van der Waals surface area (Å²) in [5.74, 6) is -0.708. The predicted molar refractivity (Wildman–Crippen MR) is 63.2 cm³/mol. The molecule has 0 aliphatic carbocycles. The Balaban J connectivity index is 2.34. The summed E-state index contributed by atoms with van der Waals surface area (Å²) < 4.78 is 5.31. The van der Waals surface area contributed by atoms with Crippen LogP contribution in [0.5, 0.6) is 0 Å². The average Bonchev–Trinajstić information content (AvgIpc) is 2.34. The minimum Gasteiger partial charge on any atom is -0.478 e. The Kier molecular flexibility index (Phi) is 5.95. The quantitative estimate of drug-likeness (QED) is 0.667. The highest BCUT2D eigenvalue weighted by atomic mass is 16.5. The van der Waals surface area contributed by atoms with Crippen molar-refractivity contribution in [1.29, 1.82) is 0 Å². The molecular weight excluding hydrogens is 222 g/mol. The summed E-state index contributed by atoms with van der Waals surface area (Å²) in [5, 5.41) is 19.2. The molecule has 0 fully saturated rings. The second-order valence-electron chi connectivity index (χ2n) is 3.49. The van der Waals surface area contributed by atoms with Crippen molar-refractivity contribution < 1.29 is 14.6 Å². The summed E-state index contributed by atoms with van der Waals surface area (Å²) in [7, 11) is 0. The third-order valence-corrected chi connectivity index (χ3v) is 2.06. The van der Waals surface area contributed by atoms with E-state index < -0.39 is 5.97 Å². The van der Waals surface area contributed by atoms with Gasteiger partial charge in [0, 0.05) is 19.8 Å². The van der Waals surface area contributed by atoms with Gasteiger partial charge < -0.3 is 15.2 Å². The maximum Gasteiger partial charge on any atom is 0.339 e. The maximum atomic E-state index is 10.9. The molecule has 1 aromatic rings. The van der Waals surface area contributed by atoms with Gasteiger partial charge in [0.1, 0.15) is 5.56 Å². The number of hydrogen-bond donors (Lipinski definition) is 2. The average molecular weight is 239 g/mol. The van der Waals surface area contributed by atoms with Gasteiger partial charge in [0.2, 0.25) is 0 Å². The molecule has 6 heteroatoms. The molecule has 0 bridgehead atoms. The van der Waals surface area contributed by atoms with Crippen LogP contribution in [0.25, 0.3) is 0 Å². The lowest BCUT2D eigenvalue weighted by atomic mass is 10.3. The smallest absolute Gasteiger partial charge is 0.339 e. The molecule has 0 aliphatic rings. The molecule has 1 aromatic heterocycles. The molecule has 0 saturated heterocycles. The van der Waals surface area contributed by atoms with Gasteiger partial charge in [-0.3, -0.25) is 0 Å². The summed E-state index contributed by atoms with van der Waals surface area (Å²) in [5.41, 5.74) is 0.134. The third-order valence-electron chi connectivity index (χ3n) is 2.06. The van der Waals surface area contributed by atoms with Crippen LogP contribution in [0.2, 0.25) is 0 Å². The van der Waals surface area contributed by atoms with Gasteiger partial charge in [-0.1, -0.05) is 6.92 Å². The number of nitrogens with one attached hydrogen (secondary N) is 1. The molecule has 0 unspecified atom stereocenters. The van der Waals surface area contributed by atoms with E-state index in [0.717, 1.165) is 19.4 Å². The van der Waals surface area contributed by atoms with Crippen molar-refractivity contribution >= 4 is 11.8 Å². The Bertz CT molecular complexity index is 358. The second kappa shape index (κ2) is 7.56. The molecule has 0 amide bonds. The molecule has 1 rings (SSSR count). The number of aromatic nitrogens is 2. The number of anilines is 1. The lowest BCUT2D eigenvalue weighted by Gasteiger charge is -2.07. The first kappa shape index (κ1) is 13.4. The highest BCUT2D eigenvalue weighted by molar-refractivity contribution is 5.92. The van der Waals surface area contributed by atoms with E-state index >= 15 is 0 Å². The fourth-order valence-corrected chi connectivity index (χ4v) is 1.26. The SMILES string of the molecule is CCCOCCCNc1nnccc1C(=O)O. The zero-order valence-corrected chi connectivity index (χ0v) is 9.85. The first-order valence-corrected chi connectivity index (χ1v) is 5.62. The molecule has 0 aromatic carbocycles. The lowest BCUT2D eigenvalue weighted by molar-refractivity contribution is 0.0697. The van der Waals surface area contributed by atoms with E-state index in [-0.39, 0.29) is 5.56 Å². The number of ether oxygens (including phenoxy) is 1. The number of carboxylic acids is 1.